The van der Waals surface area contributed by atoms with Crippen molar-refractivity contribution in [1.82, 2.24) is 0 Å². The van der Waals surface area contributed by atoms with Crippen LogP contribution in [0.25, 0.3) is 0 Å². The first kappa shape index (κ1) is 8.51. The van der Waals surface area contributed by atoms with E-state index >= 15 is 0 Å². The molecule has 0 aromatic heterocycles. The highest BCUT2D eigenvalue weighted by Crippen LogP contribution is 2.50. The van der Waals surface area contributed by atoms with Gasteiger partial charge in [0.05, 0.1) is 10.8 Å². The molecule has 4 atom stereocenters. The highest BCUT2D eigenvalue weighted by atomic mass is 32.3. The summed E-state index contributed by atoms with van der Waals surface area (Å²) in [5, 5.41) is 0. The van der Waals surface area contributed by atoms with Gasteiger partial charge in [-0.3, -0.25) is 9.00 Å². The van der Waals surface area contributed by atoms with Crippen molar-refractivity contribution < 1.29 is 9.00 Å². The molecule has 0 spiro atoms. The monoisotopic (exact) mass is 202 g/mol. The Hall–Kier alpha value is -0.0900. The number of carbonyl (C=O) groups excluding carboxylic acids is 1. The third-order valence-electron chi connectivity index (χ3n) is 2.43. The number of carbonyl (C=O) groups is 1. The molecule has 66 valence electrons. The lowest BCUT2D eigenvalue weighted by molar-refractivity contribution is -0.119. The Bertz CT molecular complexity index is 291. The van der Waals surface area contributed by atoms with Gasteiger partial charge in [0.25, 0.3) is 0 Å². The van der Waals surface area contributed by atoms with Crippen molar-refractivity contribution in [1.29, 1.82) is 0 Å². The number of thioether (sulfide) groups is 1. The molecular formula is C8H10O2S2. The minimum Gasteiger partial charge on any atom is -0.297 e. The van der Waals surface area contributed by atoms with Gasteiger partial charge in [0.15, 0.2) is 5.78 Å². The lowest BCUT2D eigenvalue weighted by atomic mass is 9.97. The third-order valence-corrected chi connectivity index (χ3v) is 6.59. The second kappa shape index (κ2) is 2.70. The summed E-state index contributed by atoms with van der Waals surface area (Å²) in [6.07, 6.45) is 1.94. The number of fused-ring (bicyclic) bond motifs is 2. The van der Waals surface area contributed by atoms with Gasteiger partial charge in [-0.25, -0.2) is 0 Å². The molecule has 3 heterocycles. The molecule has 3 saturated heterocycles. The van der Waals surface area contributed by atoms with Gasteiger partial charge in [-0.1, -0.05) is 13.0 Å². The summed E-state index contributed by atoms with van der Waals surface area (Å²) in [7, 11) is -0.923. The fourth-order valence-electron chi connectivity index (χ4n) is 1.63. The molecule has 1 unspecified atom stereocenters. The van der Waals surface area contributed by atoms with Gasteiger partial charge in [-0.2, -0.15) is 0 Å². The van der Waals surface area contributed by atoms with Crippen molar-refractivity contribution in [2.24, 2.45) is 5.92 Å². The van der Waals surface area contributed by atoms with E-state index in [1.807, 2.05) is 19.9 Å². The zero-order valence-corrected chi connectivity index (χ0v) is 8.58. The molecule has 0 saturated carbocycles. The zero-order chi connectivity index (χ0) is 8.88. The average Bonchev–Trinajstić information content (AvgIpc) is 2.07. The summed E-state index contributed by atoms with van der Waals surface area (Å²) in [6.45, 7) is 3.82. The molecule has 2 nitrogen and oxygen atoms in total. The van der Waals surface area contributed by atoms with Gasteiger partial charge in [-0.15, -0.1) is 11.8 Å². The van der Waals surface area contributed by atoms with Crippen molar-refractivity contribution in [2.75, 3.05) is 0 Å². The van der Waals surface area contributed by atoms with Crippen LogP contribution in [-0.4, -0.2) is 19.2 Å². The maximum atomic E-state index is 11.5. The van der Waals surface area contributed by atoms with Gasteiger partial charge in [0.2, 0.25) is 0 Å². The summed E-state index contributed by atoms with van der Waals surface area (Å²) in [6, 6.07) is 0. The minimum absolute atomic E-state index is 0.00366. The SMILES string of the molecule is C/C=C1\[C@H](C)C(=O)[C@@H]2S[C@H]1S2=O. The van der Waals surface area contributed by atoms with Crippen LogP contribution in [0.3, 0.4) is 0 Å². The molecule has 0 amide bonds. The normalized spacial score (nSPS) is 49.2. The number of hydrogen-bond donors (Lipinski definition) is 0. The van der Waals surface area contributed by atoms with Gasteiger partial charge in [0, 0.05) is 5.92 Å². The summed E-state index contributed by atoms with van der Waals surface area (Å²) in [4.78, 5) is 11.5. The van der Waals surface area contributed by atoms with Gasteiger partial charge >= 0.3 is 0 Å². The first-order chi connectivity index (χ1) is 5.66. The zero-order valence-electron chi connectivity index (χ0n) is 6.94. The topological polar surface area (TPSA) is 34.1 Å². The number of Topliss-reactive ketones (excluding diaryl/α,β-unsaturated/α-hetero) is 1. The largest absolute Gasteiger partial charge is 0.297 e. The molecule has 4 heteroatoms. The number of hydrogen-bond acceptors (Lipinski definition) is 3. The van der Waals surface area contributed by atoms with E-state index in [0.717, 1.165) is 5.57 Å². The Balaban J connectivity index is 2.38. The number of rotatable bonds is 0. The summed E-state index contributed by atoms with van der Waals surface area (Å²) >= 11 is 1.55. The van der Waals surface area contributed by atoms with Gasteiger partial charge in [-0.05, 0) is 12.5 Å². The smallest absolute Gasteiger partial charge is 0.165 e. The Morgan fingerprint density at radius 3 is 2.67 bits per heavy atom. The molecule has 0 aliphatic carbocycles. The van der Waals surface area contributed by atoms with Crippen LogP contribution in [0, 0.1) is 5.92 Å². The minimum atomic E-state index is -0.923. The van der Waals surface area contributed by atoms with Gasteiger partial charge < -0.3 is 0 Å². The fourth-order valence-corrected chi connectivity index (χ4v) is 5.34. The fraction of sp³-hybridized carbons (Fsp3) is 0.625. The van der Waals surface area contributed by atoms with Crippen LogP contribution in [0.15, 0.2) is 11.6 Å². The highest BCUT2D eigenvalue weighted by Gasteiger charge is 2.53. The molecule has 0 radical (unpaired) electrons. The van der Waals surface area contributed by atoms with E-state index in [4.69, 9.17) is 0 Å². The molecule has 2 bridgehead atoms. The molecule has 3 fully saturated rings. The van der Waals surface area contributed by atoms with E-state index in [0.29, 0.717) is 0 Å². The summed E-state index contributed by atoms with van der Waals surface area (Å²) in [5.74, 6) is 0.151. The molecule has 3 aliphatic rings. The second-order valence-corrected chi connectivity index (χ2v) is 6.45. The molecule has 0 aromatic rings. The first-order valence-electron chi connectivity index (χ1n) is 3.91. The second-order valence-electron chi connectivity index (χ2n) is 3.04. The van der Waals surface area contributed by atoms with Crippen LogP contribution in [0.5, 0.6) is 0 Å². The first-order valence-corrected chi connectivity index (χ1v) is 6.13. The predicted molar refractivity (Wildman–Crippen MR) is 51.2 cm³/mol. The number of allylic oxidation sites excluding steroid dienone is 1. The number of ketones is 1. The Morgan fingerprint density at radius 2 is 2.17 bits per heavy atom. The van der Waals surface area contributed by atoms with Crippen molar-refractivity contribution in [3.63, 3.8) is 0 Å². The average molecular weight is 202 g/mol. The van der Waals surface area contributed by atoms with E-state index in [2.05, 4.69) is 0 Å². The molecule has 0 aromatic carbocycles. The third kappa shape index (κ3) is 0.879. The Kier molecular flexibility index (Phi) is 1.92. The van der Waals surface area contributed by atoms with Crippen molar-refractivity contribution >= 4 is 28.3 Å². The van der Waals surface area contributed by atoms with Crippen LogP contribution in [0.2, 0.25) is 0 Å². The lowest BCUT2D eigenvalue weighted by Gasteiger charge is -2.42. The Morgan fingerprint density at radius 1 is 1.50 bits per heavy atom. The molecule has 0 N–H and O–H groups in total. The quantitative estimate of drug-likeness (QED) is 0.555. The van der Waals surface area contributed by atoms with Crippen molar-refractivity contribution in [2.45, 2.75) is 23.0 Å². The van der Waals surface area contributed by atoms with Crippen LogP contribution < -0.4 is 0 Å². The van der Waals surface area contributed by atoms with E-state index in [1.165, 1.54) is 0 Å². The summed E-state index contributed by atoms with van der Waals surface area (Å²) in [5.41, 5.74) is 1.06. The van der Waals surface area contributed by atoms with Crippen LogP contribution in [0.4, 0.5) is 0 Å². The van der Waals surface area contributed by atoms with Crippen molar-refractivity contribution in [3.8, 4) is 0 Å². The van der Waals surface area contributed by atoms with Crippen LogP contribution in [-0.2, 0) is 15.6 Å². The van der Waals surface area contributed by atoms with E-state index in [-0.39, 0.29) is 20.9 Å². The van der Waals surface area contributed by atoms with E-state index < -0.39 is 10.8 Å². The van der Waals surface area contributed by atoms with E-state index in [1.54, 1.807) is 11.8 Å². The molecule has 3 rings (SSSR count). The lowest BCUT2D eigenvalue weighted by Crippen LogP contribution is -2.51. The molecular weight excluding hydrogens is 192 g/mol. The maximum Gasteiger partial charge on any atom is 0.165 e. The highest BCUT2D eigenvalue weighted by molar-refractivity contribution is 8.28. The van der Waals surface area contributed by atoms with Gasteiger partial charge in [0.1, 0.15) is 9.16 Å². The van der Waals surface area contributed by atoms with Crippen molar-refractivity contribution in [3.05, 3.63) is 11.6 Å². The Labute approximate surface area is 78.3 Å². The maximum absolute atomic E-state index is 11.5. The standard InChI is InChI=1S/C8H10O2S2/c1-3-5-4(2)6(9)8-11-7(5)12(8)10/h3-4,7-8H,1-2H3/b5-3+/t4-,7-,8+,12?/m0/s1. The van der Waals surface area contributed by atoms with Crippen LogP contribution >= 0.6 is 11.8 Å². The molecule has 12 heavy (non-hydrogen) atoms. The predicted octanol–water partition coefficient (Wildman–Crippen LogP) is 1.30. The molecule has 3 aliphatic heterocycles. The van der Waals surface area contributed by atoms with E-state index in [9.17, 15) is 9.00 Å². The van der Waals surface area contributed by atoms with Crippen LogP contribution in [0.1, 0.15) is 13.8 Å². The summed E-state index contributed by atoms with van der Waals surface area (Å²) < 4.78 is 11.3.